The second-order valence-corrected chi connectivity index (χ2v) is 3.55. The van der Waals surface area contributed by atoms with Crippen LogP contribution >= 0.6 is 0 Å². The number of nitrogens with one attached hydrogen (secondary N) is 1. The molecule has 78 valence electrons. The summed E-state index contributed by atoms with van der Waals surface area (Å²) in [6.07, 6.45) is 2.61. The Kier molecular flexibility index (Phi) is 2.83. The SMILES string of the molecule is C=CC(=O)Nc1ccc(CC2CO2)cc1. The average Bonchev–Trinajstić information content (AvgIpc) is 3.05. The summed E-state index contributed by atoms with van der Waals surface area (Å²) in [7, 11) is 0. The lowest BCUT2D eigenvalue weighted by Crippen LogP contribution is -2.07. The number of amides is 1. The normalized spacial score (nSPS) is 18.3. The predicted molar refractivity (Wildman–Crippen MR) is 58.7 cm³/mol. The molecule has 0 bridgehead atoms. The van der Waals surface area contributed by atoms with Gasteiger partial charge < -0.3 is 10.1 Å². The minimum atomic E-state index is -0.187. The molecule has 3 nitrogen and oxygen atoms in total. The molecule has 1 aliphatic heterocycles. The zero-order valence-corrected chi connectivity index (χ0v) is 8.40. The van der Waals surface area contributed by atoms with Crippen molar-refractivity contribution in [3.05, 3.63) is 42.5 Å². The molecule has 0 radical (unpaired) electrons. The Labute approximate surface area is 88.8 Å². The van der Waals surface area contributed by atoms with E-state index >= 15 is 0 Å². The number of epoxide rings is 1. The molecule has 0 saturated carbocycles. The summed E-state index contributed by atoms with van der Waals surface area (Å²) in [4.78, 5) is 11.0. The maximum Gasteiger partial charge on any atom is 0.247 e. The van der Waals surface area contributed by atoms with Crippen molar-refractivity contribution >= 4 is 11.6 Å². The first-order valence-electron chi connectivity index (χ1n) is 4.92. The van der Waals surface area contributed by atoms with Crippen molar-refractivity contribution in [2.45, 2.75) is 12.5 Å². The summed E-state index contributed by atoms with van der Waals surface area (Å²) in [6, 6.07) is 7.78. The zero-order chi connectivity index (χ0) is 10.7. The monoisotopic (exact) mass is 203 g/mol. The van der Waals surface area contributed by atoms with Crippen LogP contribution in [-0.4, -0.2) is 18.6 Å². The topological polar surface area (TPSA) is 41.6 Å². The van der Waals surface area contributed by atoms with E-state index in [-0.39, 0.29) is 5.91 Å². The van der Waals surface area contributed by atoms with Gasteiger partial charge in [-0.25, -0.2) is 0 Å². The van der Waals surface area contributed by atoms with E-state index in [2.05, 4.69) is 11.9 Å². The number of anilines is 1. The Morgan fingerprint density at radius 3 is 2.73 bits per heavy atom. The van der Waals surface area contributed by atoms with Crippen molar-refractivity contribution in [2.24, 2.45) is 0 Å². The Bertz CT molecular complexity index is 366. The minimum absolute atomic E-state index is 0.187. The van der Waals surface area contributed by atoms with Crippen LogP contribution in [0.4, 0.5) is 5.69 Å². The zero-order valence-electron chi connectivity index (χ0n) is 8.40. The van der Waals surface area contributed by atoms with Crippen molar-refractivity contribution < 1.29 is 9.53 Å². The fraction of sp³-hybridized carbons (Fsp3) is 0.250. The third-order valence-electron chi connectivity index (χ3n) is 2.27. The van der Waals surface area contributed by atoms with Crippen LogP contribution in [0.2, 0.25) is 0 Å². The second-order valence-electron chi connectivity index (χ2n) is 3.55. The highest BCUT2D eigenvalue weighted by molar-refractivity contribution is 5.98. The molecular formula is C12H13NO2. The Hall–Kier alpha value is -1.61. The van der Waals surface area contributed by atoms with Crippen molar-refractivity contribution in [2.75, 3.05) is 11.9 Å². The number of benzene rings is 1. The number of hydrogen-bond donors (Lipinski definition) is 1. The van der Waals surface area contributed by atoms with Gasteiger partial charge in [0.05, 0.1) is 12.7 Å². The van der Waals surface area contributed by atoms with Gasteiger partial charge in [0.1, 0.15) is 0 Å². The highest BCUT2D eigenvalue weighted by Gasteiger charge is 2.22. The molecule has 1 aliphatic rings. The summed E-state index contributed by atoms with van der Waals surface area (Å²) in [5, 5.41) is 2.70. The van der Waals surface area contributed by atoms with Crippen LogP contribution in [0.5, 0.6) is 0 Å². The van der Waals surface area contributed by atoms with Gasteiger partial charge in [-0.2, -0.15) is 0 Å². The molecule has 1 heterocycles. The van der Waals surface area contributed by atoms with Crippen LogP contribution in [0.15, 0.2) is 36.9 Å². The standard InChI is InChI=1S/C12H13NO2/c1-2-12(14)13-10-5-3-9(4-6-10)7-11-8-15-11/h2-6,11H,1,7-8H2,(H,13,14). The van der Waals surface area contributed by atoms with E-state index < -0.39 is 0 Å². The van der Waals surface area contributed by atoms with Gasteiger partial charge in [0.25, 0.3) is 0 Å². The van der Waals surface area contributed by atoms with Crippen LogP contribution in [-0.2, 0) is 16.0 Å². The van der Waals surface area contributed by atoms with Gasteiger partial charge in [-0.15, -0.1) is 0 Å². The molecule has 0 aliphatic carbocycles. The molecule has 0 aromatic heterocycles. The Balaban J connectivity index is 1.96. The highest BCUT2D eigenvalue weighted by Crippen LogP contribution is 2.17. The number of rotatable bonds is 4. The maximum absolute atomic E-state index is 11.0. The first-order valence-corrected chi connectivity index (χ1v) is 4.92. The van der Waals surface area contributed by atoms with Crippen LogP contribution in [0, 0.1) is 0 Å². The van der Waals surface area contributed by atoms with Crippen LogP contribution < -0.4 is 5.32 Å². The average molecular weight is 203 g/mol. The molecule has 1 atom stereocenters. The fourth-order valence-corrected chi connectivity index (χ4v) is 1.37. The Morgan fingerprint density at radius 1 is 1.53 bits per heavy atom. The molecular weight excluding hydrogens is 190 g/mol. The van der Waals surface area contributed by atoms with Gasteiger partial charge in [-0.3, -0.25) is 4.79 Å². The summed E-state index contributed by atoms with van der Waals surface area (Å²) in [6.45, 7) is 4.26. The molecule has 1 N–H and O–H groups in total. The maximum atomic E-state index is 11.0. The first-order chi connectivity index (χ1) is 7.28. The summed E-state index contributed by atoms with van der Waals surface area (Å²) >= 11 is 0. The van der Waals surface area contributed by atoms with E-state index in [4.69, 9.17) is 4.74 Å². The van der Waals surface area contributed by atoms with E-state index in [0.717, 1.165) is 18.7 Å². The van der Waals surface area contributed by atoms with Crippen molar-refractivity contribution in [1.82, 2.24) is 0 Å². The van der Waals surface area contributed by atoms with Gasteiger partial charge in [0, 0.05) is 12.1 Å². The molecule has 2 rings (SSSR count). The van der Waals surface area contributed by atoms with E-state index in [9.17, 15) is 4.79 Å². The molecule has 0 spiro atoms. The molecule has 1 aromatic carbocycles. The van der Waals surface area contributed by atoms with Gasteiger partial charge in [-0.1, -0.05) is 18.7 Å². The molecule has 15 heavy (non-hydrogen) atoms. The van der Waals surface area contributed by atoms with E-state index in [1.165, 1.54) is 11.6 Å². The largest absolute Gasteiger partial charge is 0.373 e. The number of hydrogen-bond acceptors (Lipinski definition) is 2. The summed E-state index contributed by atoms with van der Waals surface area (Å²) < 4.78 is 5.14. The molecule has 1 saturated heterocycles. The lowest BCUT2D eigenvalue weighted by molar-refractivity contribution is -0.111. The van der Waals surface area contributed by atoms with Crippen LogP contribution in [0.1, 0.15) is 5.56 Å². The lowest BCUT2D eigenvalue weighted by Gasteiger charge is -2.03. The third-order valence-corrected chi connectivity index (χ3v) is 2.27. The molecule has 3 heteroatoms. The summed E-state index contributed by atoms with van der Waals surface area (Å²) in [5.74, 6) is -0.187. The van der Waals surface area contributed by atoms with E-state index in [1.54, 1.807) is 0 Å². The number of carbonyl (C=O) groups is 1. The molecule has 1 unspecified atom stereocenters. The van der Waals surface area contributed by atoms with E-state index in [1.807, 2.05) is 24.3 Å². The van der Waals surface area contributed by atoms with Crippen molar-refractivity contribution in [1.29, 1.82) is 0 Å². The quantitative estimate of drug-likeness (QED) is 0.598. The fourth-order valence-electron chi connectivity index (χ4n) is 1.37. The smallest absolute Gasteiger partial charge is 0.247 e. The van der Waals surface area contributed by atoms with Gasteiger partial charge in [0.15, 0.2) is 0 Å². The third kappa shape index (κ3) is 2.92. The minimum Gasteiger partial charge on any atom is -0.373 e. The first kappa shape index (κ1) is 9.93. The molecule has 1 fully saturated rings. The Morgan fingerprint density at radius 2 is 2.20 bits per heavy atom. The second kappa shape index (κ2) is 4.28. The molecule has 1 aromatic rings. The van der Waals surface area contributed by atoms with Crippen LogP contribution in [0.3, 0.4) is 0 Å². The number of ether oxygens (including phenoxy) is 1. The lowest BCUT2D eigenvalue weighted by atomic mass is 10.1. The van der Waals surface area contributed by atoms with Gasteiger partial charge in [0.2, 0.25) is 5.91 Å². The van der Waals surface area contributed by atoms with Crippen LogP contribution in [0.25, 0.3) is 0 Å². The van der Waals surface area contributed by atoms with Crippen molar-refractivity contribution in [3.63, 3.8) is 0 Å². The predicted octanol–water partition coefficient (Wildman–Crippen LogP) is 1.75. The highest BCUT2D eigenvalue weighted by atomic mass is 16.6. The van der Waals surface area contributed by atoms with E-state index in [0.29, 0.717) is 6.10 Å². The van der Waals surface area contributed by atoms with Gasteiger partial charge >= 0.3 is 0 Å². The summed E-state index contributed by atoms with van der Waals surface area (Å²) in [5.41, 5.74) is 2.02. The molecule has 1 amide bonds. The van der Waals surface area contributed by atoms with Crippen molar-refractivity contribution in [3.8, 4) is 0 Å². The van der Waals surface area contributed by atoms with Gasteiger partial charge in [-0.05, 0) is 23.8 Å². The number of carbonyl (C=O) groups excluding carboxylic acids is 1.